The quantitative estimate of drug-likeness (QED) is 0.473. The van der Waals surface area contributed by atoms with E-state index >= 15 is 0 Å². The van der Waals surface area contributed by atoms with Gasteiger partial charge in [-0.15, -0.1) is 0 Å². The van der Waals surface area contributed by atoms with Crippen molar-refractivity contribution in [1.29, 1.82) is 0 Å². The molecule has 0 radical (unpaired) electrons. The maximum absolute atomic E-state index is 13.5. The van der Waals surface area contributed by atoms with E-state index in [0.717, 1.165) is 24.0 Å². The van der Waals surface area contributed by atoms with Crippen LogP contribution in [0.25, 0.3) is 0 Å². The fourth-order valence-corrected chi connectivity index (χ4v) is 4.15. The van der Waals surface area contributed by atoms with Gasteiger partial charge in [-0.1, -0.05) is 0 Å². The summed E-state index contributed by atoms with van der Waals surface area (Å²) in [5.74, 6) is 0.550. The lowest BCUT2D eigenvalue weighted by molar-refractivity contribution is -0.156. The summed E-state index contributed by atoms with van der Waals surface area (Å²) in [5.41, 5.74) is 1.89. The summed E-state index contributed by atoms with van der Waals surface area (Å²) < 4.78 is 21.3. The van der Waals surface area contributed by atoms with Crippen molar-refractivity contribution in [3.63, 3.8) is 0 Å². The number of carbonyl (C=O) groups is 2. The molecular formula is C23H36N4O6. The number of aromatic nitrogens is 1. The molecule has 1 aromatic rings. The van der Waals surface area contributed by atoms with Gasteiger partial charge in [0.1, 0.15) is 6.10 Å². The fourth-order valence-electron chi connectivity index (χ4n) is 4.15. The summed E-state index contributed by atoms with van der Waals surface area (Å²) in [6, 6.07) is 2.11. The molecule has 1 aromatic heterocycles. The molecule has 3 rings (SSSR count). The Labute approximate surface area is 195 Å². The number of amides is 2. The number of nitrogens with one attached hydrogen (secondary N) is 2. The number of ether oxygens (including phenoxy) is 4. The first-order chi connectivity index (χ1) is 16.0. The number of methoxy groups -OCH3 is 3. The van der Waals surface area contributed by atoms with Crippen molar-refractivity contribution in [3.8, 4) is 5.88 Å². The standard InChI is InChI=1S/C23H36N4O6/c1-15(17-10-16(21(31-3)26-11-17)6-5-9-25-23(29)32-4)27(18-7-8-18)22(28)20-13-24-12-19(33-20)14-30-2/h10-11,15,18-20,24H,5-9,12-14H2,1-4H3,(H,25,29)/t15-,19-,20+/m0/s1. The summed E-state index contributed by atoms with van der Waals surface area (Å²) in [6.45, 7) is 4.13. The molecule has 2 fully saturated rings. The highest BCUT2D eigenvalue weighted by molar-refractivity contribution is 5.82. The Morgan fingerprint density at radius 1 is 1.30 bits per heavy atom. The Kier molecular flexibility index (Phi) is 9.28. The molecule has 2 amide bonds. The number of nitrogens with zero attached hydrogens (tertiary/aromatic N) is 2. The molecule has 1 aliphatic heterocycles. The lowest BCUT2D eigenvalue weighted by Crippen LogP contribution is -2.54. The molecule has 10 nitrogen and oxygen atoms in total. The van der Waals surface area contributed by atoms with E-state index in [9.17, 15) is 9.59 Å². The number of hydrogen-bond acceptors (Lipinski definition) is 8. The summed E-state index contributed by atoms with van der Waals surface area (Å²) in [7, 11) is 4.56. The normalized spacial score (nSPS) is 21.2. The molecule has 3 atom stereocenters. The fraction of sp³-hybridized carbons (Fsp3) is 0.696. The molecule has 0 bridgehead atoms. The number of hydrogen-bond donors (Lipinski definition) is 2. The van der Waals surface area contributed by atoms with Crippen molar-refractivity contribution in [2.75, 3.05) is 47.6 Å². The van der Waals surface area contributed by atoms with Gasteiger partial charge < -0.3 is 34.5 Å². The van der Waals surface area contributed by atoms with E-state index in [4.69, 9.17) is 14.2 Å². The first-order valence-electron chi connectivity index (χ1n) is 11.5. The second-order valence-corrected chi connectivity index (χ2v) is 8.47. The molecule has 0 aromatic carbocycles. The average Bonchev–Trinajstić information content (AvgIpc) is 3.67. The van der Waals surface area contributed by atoms with Crippen LogP contribution < -0.4 is 15.4 Å². The largest absolute Gasteiger partial charge is 0.481 e. The third kappa shape index (κ3) is 6.78. The number of alkyl carbamates (subject to hydrolysis) is 1. The first kappa shape index (κ1) is 25.2. The van der Waals surface area contributed by atoms with E-state index in [2.05, 4.69) is 20.4 Å². The van der Waals surface area contributed by atoms with Crippen LogP contribution in [0.1, 0.15) is 43.4 Å². The topological polar surface area (TPSA) is 111 Å². The van der Waals surface area contributed by atoms with Crippen LogP contribution in [-0.4, -0.2) is 87.7 Å². The lowest BCUT2D eigenvalue weighted by Gasteiger charge is -2.36. The molecule has 0 unspecified atom stereocenters. The Bertz CT molecular complexity index is 801. The zero-order chi connectivity index (χ0) is 23.8. The molecule has 0 spiro atoms. The van der Waals surface area contributed by atoms with E-state index in [1.807, 2.05) is 17.9 Å². The molecule has 1 aliphatic carbocycles. The van der Waals surface area contributed by atoms with Gasteiger partial charge in [-0.05, 0) is 44.2 Å². The van der Waals surface area contributed by atoms with Gasteiger partial charge in [0.15, 0.2) is 0 Å². The van der Waals surface area contributed by atoms with Crippen molar-refractivity contribution in [2.24, 2.45) is 0 Å². The number of pyridine rings is 1. The van der Waals surface area contributed by atoms with Crippen molar-refractivity contribution in [2.45, 2.75) is 56.9 Å². The van der Waals surface area contributed by atoms with Crippen LogP contribution >= 0.6 is 0 Å². The number of carbonyl (C=O) groups excluding carboxylic acids is 2. The highest BCUT2D eigenvalue weighted by Crippen LogP contribution is 2.36. The average molecular weight is 465 g/mol. The van der Waals surface area contributed by atoms with E-state index < -0.39 is 12.2 Å². The zero-order valence-electron chi connectivity index (χ0n) is 20.0. The first-order valence-corrected chi connectivity index (χ1v) is 11.5. The minimum Gasteiger partial charge on any atom is -0.481 e. The summed E-state index contributed by atoms with van der Waals surface area (Å²) >= 11 is 0. The maximum atomic E-state index is 13.5. The van der Waals surface area contributed by atoms with Crippen molar-refractivity contribution < 1.29 is 28.5 Å². The van der Waals surface area contributed by atoms with Crippen molar-refractivity contribution >= 4 is 12.0 Å². The Balaban J connectivity index is 1.70. The smallest absolute Gasteiger partial charge is 0.406 e. The molecule has 184 valence electrons. The highest BCUT2D eigenvalue weighted by Gasteiger charge is 2.41. The SMILES string of the molecule is COC[C@@H]1CNC[C@H](C(=O)N(C2CC2)[C@@H](C)c2cnc(OC)c(CCCNC(=O)OC)c2)O1. The summed E-state index contributed by atoms with van der Waals surface area (Å²) in [4.78, 5) is 31.2. The van der Waals surface area contributed by atoms with E-state index in [1.165, 1.54) is 7.11 Å². The lowest BCUT2D eigenvalue weighted by atomic mass is 10.0. The predicted octanol–water partition coefficient (Wildman–Crippen LogP) is 1.43. The molecule has 1 saturated carbocycles. The van der Waals surface area contributed by atoms with E-state index in [1.54, 1.807) is 20.4 Å². The minimum atomic E-state index is -0.531. The van der Waals surface area contributed by atoms with Gasteiger partial charge in [0, 0.05) is 44.5 Å². The molecule has 1 saturated heterocycles. The number of rotatable bonds is 11. The molecule has 10 heteroatoms. The predicted molar refractivity (Wildman–Crippen MR) is 121 cm³/mol. The van der Waals surface area contributed by atoms with Crippen LogP contribution in [0.15, 0.2) is 12.3 Å². The van der Waals surface area contributed by atoms with Gasteiger partial charge >= 0.3 is 6.09 Å². The monoisotopic (exact) mass is 464 g/mol. The Morgan fingerprint density at radius 2 is 2.09 bits per heavy atom. The van der Waals surface area contributed by atoms with Crippen LogP contribution in [0.2, 0.25) is 0 Å². The zero-order valence-corrected chi connectivity index (χ0v) is 20.0. The Morgan fingerprint density at radius 3 is 2.76 bits per heavy atom. The van der Waals surface area contributed by atoms with Gasteiger partial charge in [-0.2, -0.15) is 0 Å². The van der Waals surface area contributed by atoms with Gasteiger partial charge in [0.05, 0.1) is 33.0 Å². The molecule has 2 N–H and O–H groups in total. The number of aryl methyl sites for hydroxylation is 1. The van der Waals surface area contributed by atoms with Gasteiger partial charge in [-0.25, -0.2) is 9.78 Å². The second kappa shape index (κ2) is 12.2. The van der Waals surface area contributed by atoms with Crippen molar-refractivity contribution in [1.82, 2.24) is 20.5 Å². The van der Waals surface area contributed by atoms with Crippen LogP contribution in [0.5, 0.6) is 5.88 Å². The molecular weight excluding hydrogens is 428 g/mol. The minimum absolute atomic E-state index is 0.00190. The summed E-state index contributed by atoms with van der Waals surface area (Å²) in [6.07, 6.45) is 4.02. The van der Waals surface area contributed by atoms with Gasteiger partial charge in [-0.3, -0.25) is 4.79 Å². The van der Waals surface area contributed by atoms with Crippen LogP contribution in [0.4, 0.5) is 4.79 Å². The van der Waals surface area contributed by atoms with E-state index in [-0.39, 0.29) is 24.1 Å². The molecule has 2 aliphatic rings. The second-order valence-electron chi connectivity index (χ2n) is 8.47. The van der Waals surface area contributed by atoms with Crippen LogP contribution in [0.3, 0.4) is 0 Å². The third-order valence-electron chi connectivity index (χ3n) is 6.00. The third-order valence-corrected chi connectivity index (χ3v) is 6.00. The van der Waals surface area contributed by atoms with Crippen LogP contribution in [0, 0.1) is 0 Å². The number of morpholine rings is 1. The summed E-state index contributed by atoms with van der Waals surface area (Å²) in [5, 5.41) is 5.97. The highest BCUT2D eigenvalue weighted by atomic mass is 16.5. The van der Waals surface area contributed by atoms with E-state index in [0.29, 0.717) is 45.0 Å². The van der Waals surface area contributed by atoms with Gasteiger partial charge in [0.25, 0.3) is 5.91 Å². The van der Waals surface area contributed by atoms with Gasteiger partial charge in [0.2, 0.25) is 5.88 Å². The van der Waals surface area contributed by atoms with Crippen molar-refractivity contribution in [3.05, 3.63) is 23.4 Å². The maximum Gasteiger partial charge on any atom is 0.406 e. The Hall–Kier alpha value is -2.43. The molecule has 2 heterocycles. The van der Waals surface area contributed by atoms with Crippen LogP contribution in [-0.2, 0) is 25.4 Å². The molecule has 33 heavy (non-hydrogen) atoms.